The summed E-state index contributed by atoms with van der Waals surface area (Å²) in [7, 11) is 0. The van der Waals surface area contributed by atoms with E-state index in [9.17, 15) is 19.5 Å². The Kier molecular flexibility index (Phi) is 4.76. The maximum Gasteiger partial charge on any atom is 0.307 e. The standard InChI is InChI=1S/C17H19ClN2O4/c18-12-5-1-9(2-6-12)7-13(21)19-20-16(22)14-10-3-4-11(8-10)15(14)17(23)24/h1-2,5-6,10-11,14-15H,3-4,7-8H2,(H,19,21)(H,20,22)(H,23,24)/t10-,11+,14-,15-/m0/s1. The van der Waals surface area contributed by atoms with Gasteiger partial charge in [0.1, 0.15) is 0 Å². The van der Waals surface area contributed by atoms with Crippen LogP contribution in [0.5, 0.6) is 0 Å². The molecule has 128 valence electrons. The number of hydrazine groups is 1. The van der Waals surface area contributed by atoms with Crippen LogP contribution in [0.3, 0.4) is 0 Å². The fraction of sp³-hybridized carbons (Fsp3) is 0.471. The van der Waals surface area contributed by atoms with Gasteiger partial charge >= 0.3 is 5.97 Å². The third-order valence-corrected chi connectivity index (χ3v) is 5.36. The van der Waals surface area contributed by atoms with Gasteiger partial charge in [-0.15, -0.1) is 0 Å². The van der Waals surface area contributed by atoms with Gasteiger partial charge in [0.15, 0.2) is 0 Å². The molecule has 2 amide bonds. The zero-order valence-corrected chi connectivity index (χ0v) is 13.8. The van der Waals surface area contributed by atoms with Gasteiger partial charge < -0.3 is 5.11 Å². The van der Waals surface area contributed by atoms with Crippen LogP contribution in [-0.4, -0.2) is 22.9 Å². The second-order valence-corrected chi connectivity index (χ2v) is 7.00. The molecule has 0 saturated heterocycles. The minimum absolute atomic E-state index is 0.0769. The van der Waals surface area contributed by atoms with E-state index in [1.807, 2.05) is 0 Å². The summed E-state index contributed by atoms with van der Waals surface area (Å²) in [4.78, 5) is 35.7. The first-order valence-corrected chi connectivity index (χ1v) is 8.39. The van der Waals surface area contributed by atoms with Crippen molar-refractivity contribution in [1.82, 2.24) is 10.9 Å². The molecule has 3 rings (SSSR count). The van der Waals surface area contributed by atoms with Crippen molar-refractivity contribution < 1.29 is 19.5 Å². The van der Waals surface area contributed by atoms with Crippen LogP contribution in [0.4, 0.5) is 0 Å². The van der Waals surface area contributed by atoms with E-state index in [2.05, 4.69) is 10.9 Å². The van der Waals surface area contributed by atoms with Crippen LogP contribution in [0, 0.1) is 23.7 Å². The molecule has 7 heteroatoms. The number of carbonyl (C=O) groups excluding carboxylic acids is 2. The summed E-state index contributed by atoms with van der Waals surface area (Å²) >= 11 is 5.79. The number of nitrogens with one attached hydrogen (secondary N) is 2. The fourth-order valence-corrected chi connectivity index (χ4v) is 4.20. The van der Waals surface area contributed by atoms with Crippen LogP contribution < -0.4 is 10.9 Å². The van der Waals surface area contributed by atoms with Crippen LogP contribution in [0.25, 0.3) is 0 Å². The van der Waals surface area contributed by atoms with Gasteiger partial charge in [-0.2, -0.15) is 0 Å². The number of carbonyl (C=O) groups is 3. The van der Waals surface area contributed by atoms with Crippen molar-refractivity contribution in [2.24, 2.45) is 23.7 Å². The monoisotopic (exact) mass is 350 g/mol. The minimum Gasteiger partial charge on any atom is -0.481 e. The molecule has 0 heterocycles. The summed E-state index contributed by atoms with van der Waals surface area (Å²) in [5.41, 5.74) is 5.55. The first-order chi connectivity index (χ1) is 11.5. The number of carboxylic acid groups (broad SMARTS) is 1. The van der Waals surface area contributed by atoms with Gasteiger partial charge in [0.25, 0.3) is 0 Å². The second kappa shape index (κ2) is 6.81. The van der Waals surface area contributed by atoms with Gasteiger partial charge in [0, 0.05) is 5.02 Å². The van der Waals surface area contributed by atoms with E-state index in [1.54, 1.807) is 24.3 Å². The number of aliphatic carboxylic acids is 1. The number of fused-ring (bicyclic) bond motifs is 2. The molecule has 2 saturated carbocycles. The summed E-state index contributed by atoms with van der Waals surface area (Å²) in [6.07, 6.45) is 2.64. The highest BCUT2D eigenvalue weighted by molar-refractivity contribution is 6.30. The van der Waals surface area contributed by atoms with Gasteiger partial charge in [-0.1, -0.05) is 23.7 Å². The average molecular weight is 351 g/mol. The zero-order valence-electron chi connectivity index (χ0n) is 13.0. The molecule has 0 unspecified atom stereocenters. The lowest BCUT2D eigenvalue weighted by Crippen LogP contribution is -2.49. The summed E-state index contributed by atoms with van der Waals surface area (Å²) < 4.78 is 0. The van der Waals surface area contributed by atoms with Crippen molar-refractivity contribution in [3.8, 4) is 0 Å². The van der Waals surface area contributed by atoms with Gasteiger partial charge in [-0.05, 0) is 48.8 Å². The first kappa shape index (κ1) is 16.8. The first-order valence-electron chi connectivity index (χ1n) is 8.01. The van der Waals surface area contributed by atoms with Crippen LogP contribution >= 0.6 is 11.6 Å². The molecule has 1 aromatic rings. The Balaban J connectivity index is 1.54. The van der Waals surface area contributed by atoms with E-state index in [1.165, 1.54) is 0 Å². The fourth-order valence-electron chi connectivity index (χ4n) is 4.07. The summed E-state index contributed by atoms with van der Waals surface area (Å²) in [6.45, 7) is 0. The summed E-state index contributed by atoms with van der Waals surface area (Å²) in [5, 5.41) is 9.96. The van der Waals surface area contributed by atoms with Crippen molar-refractivity contribution in [3.05, 3.63) is 34.9 Å². The highest BCUT2D eigenvalue weighted by Crippen LogP contribution is 2.52. The van der Waals surface area contributed by atoms with Gasteiger partial charge in [-0.3, -0.25) is 25.2 Å². The third-order valence-electron chi connectivity index (χ3n) is 5.11. The van der Waals surface area contributed by atoms with E-state index >= 15 is 0 Å². The van der Waals surface area contributed by atoms with E-state index < -0.39 is 23.7 Å². The SMILES string of the molecule is O=C(Cc1ccc(Cl)cc1)NNC(=O)[C@H]1[C@H]2CC[C@H](C2)[C@@H]1C(=O)O. The number of carboxylic acids is 1. The Morgan fingerprint density at radius 3 is 2.29 bits per heavy atom. The Bertz CT molecular complexity index is 661. The highest BCUT2D eigenvalue weighted by Gasteiger charge is 2.54. The minimum atomic E-state index is -0.921. The third kappa shape index (κ3) is 3.38. The predicted octanol–water partition coefficient (Wildman–Crippen LogP) is 1.78. The van der Waals surface area contributed by atoms with Gasteiger partial charge in [0.2, 0.25) is 11.8 Å². The molecule has 0 aliphatic heterocycles. The van der Waals surface area contributed by atoms with Gasteiger partial charge in [-0.25, -0.2) is 0 Å². The molecule has 0 spiro atoms. The maximum absolute atomic E-state index is 12.3. The van der Waals surface area contributed by atoms with E-state index in [-0.39, 0.29) is 24.2 Å². The quantitative estimate of drug-likeness (QED) is 0.721. The van der Waals surface area contributed by atoms with Crippen LogP contribution in [0.15, 0.2) is 24.3 Å². The van der Waals surface area contributed by atoms with Crippen LogP contribution in [-0.2, 0) is 20.8 Å². The largest absolute Gasteiger partial charge is 0.481 e. The Hall–Kier alpha value is -2.08. The normalized spacial score (nSPS) is 27.7. The van der Waals surface area contributed by atoms with E-state index in [0.717, 1.165) is 24.8 Å². The smallest absolute Gasteiger partial charge is 0.307 e. The number of hydrogen-bond donors (Lipinski definition) is 3. The number of rotatable bonds is 4. The lowest BCUT2D eigenvalue weighted by Gasteiger charge is -2.26. The Morgan fingerprint density at radius 1 is 1.04 bits per heavy atom. The zero-order chi connectivity index (χ0) is 17.3. The molecule has 2 bridgehead atoms. The number of benzene rings is 1. The molecule has 3 N–H and O–H groups in total. The molecule has 6 nitrogen and oxygen atoms in total. The molecule has 4 atom stereocenters. The van der Waals surface area contributed by atoms with Crippen molar-refractivity contribution in [2.75, 3.05) is 0 Å². The van der Waals surface area contributed by atoms with E-state index in [4.69, 9.17) is 11.6 Å². The molecule has 0 radical (unpaired) electrons. The number of halogens is 1. The van der Waals surface area contributed by atoms with Crippen LogP contribution in [0.1, 0.15) is 24.8 Å². The summed E-state index contributed by atoms with van der Waals surface area (Å²) in [6, 6.07) is 6.85. The lowest BCUT2D eigenvalue weighted by molar-refractivity contribution is -0.149. The molecule has 2 aliphatic rings. The van der Waals surface area contributed by atoms with Crippen molar-refractivity contribution >= 4 is 29.4 Å². The maximum atomic E-state index is 12.3. The molecule has 2 aliphatic carbocycles. The molecular weight excluding hydrogens is 332 g/mol. The molecule has 24 heavy (non-hydrogen) atoms. The summed E-state index contributed by atoms with van der Waals surface area (Å²) in [5.74, 6) is -2.71. The van der Waals surface area contributed by atoms with E-state index in [0.29, 0.717) is 5.02 Å². The number of amides is 2. The van der Waals surface area contributed by atoms with Gasteiger partial charge in [0.05, 0.1) is 18.3 Å². The number of hydrogen-bond acceptors (Lipinski definition) is 3. The van der Waals surface area contributed by atoms with Crippen molar-refractivity contribution in [3.63, 3.8) is 0 Å². The second-order valence-electron chi connectivity index (χ2n) is 6.56. The lowest BCUT2D eigenvalue weighted by atomic mass is 9.79. The molecule has 0 aromatic heterocycles. The molecular formula is C17H19ClN2O4. The Labute approximate surface area is 144 Å². The van der Waals surface area contributed by atoms with Crippen molar-refractivity contribution in [2.45, 2.75) is 25.7 Å². The Morgan fingerprint density at radius 2 is 1.67 bits per heavy atom. The molecule has 2 fully saturated rings. The average Bonchev–Trinajstić information content (AvgIpc) is 3.15. The molecule has 1 aromatic carbocycles. The highest BCUT2D eigenvalue weighted by atomic mass is 35.5. The van der Waals surface area contributed by atoms with Crippen LogP contribution in [0.2, 0.25) is 5.02 Å². The topological polar surface area (TPSA) is 95.5 Å². The predicted molar refractivity (Wildman–Crippen MR) is 86.9 cm³/mol. The van der Waals surface area contributed by atoms with Crippen molar-refractivity contribution in [1.29, 1.82) is 0 Å².